The Morgan fingerprint density at radius 1 is 1.15 bits per heavy atom. The molecule has 0 aliphatic heterocycles. The minimum absolute atomic E-state index is 0. The SMILES string of the molecule is Cl.NCC1(c2ccccc2)CC(NC(=O)c2cc3c(s2)CCCCC3)C1. The molecule has 1 heterocycles. The summed E-state index contributed by atoms with van der Waals surface area (Å²) in [6, 6.07) is 12.8. The first-order chi connectivity index (χ1) is 12.2. The Kier molecular flexibility index (Phi) is 6.06. The van der Waals surface area contributed by atoms with Crippen molar-refractivity contribution in [1.29, 1.82) is 0 Å². The van der Waals surface area contributed by atoms with Gasteiger partial charge in [0.25, 0.3) is 5.91 Å². The topological polar surface area (TPSA) is 55.1 Å². The molecule has 2 aliphatic carbocycles. The molecule has 26 heavy (non-hydrogen) atoms. The van der Waals surface area contributed by atoms with Gasteiger partial charge < -0.3 is 11.1 Å². The minimum Gasteiger partial charge on any atom is -0.349 e. The normalized spacial score (nSPS) is 24.6. The summed E-state index contributed by atoms with van der Waals surface area (Å²) in [6.45, 7) is 0.636. The van der Waals surface area contributed by atoms with E-state index in [0.29, 0.717) is 6.54 Å². The summed E-state index contributed by atoms with van der Waals surface area (Å²) in [6.07, 6.45) is 7.96. The van der Waals surface area contributed by atoms with Crippen LogP contribution in [0.25, 0.3) is 0 Å². The van der Waals surface area contributed by atoms with Crippen molar-refractivity contribution < 1.29 is 4.79 Å². The molecule has 0 atom stereocenters. The summed E-state index contributed by atoms with van der Waals surface area (Å²) in [7, 11) is 0. The lowest BCUT2D eigenvalue weighted by Gasteiger charge is -2.47. The third-order valence-corrected chi connectivity index (χ3v) is 7.09. The molecule has 0 unspecified atom stereocenters. The maximum atomic E-state index is 12.7. The fraction of sp³-hybridized carbons (Fsp3) is 0.476. The second-order valence-corrected chi connectivity index (χ2v) is 8.69. The van der Waals surface area contributed by atoms with Gasteiger partial charge in [-0.15, -0.1) is 23.7 Å². The van der Waals surface area contributed by atoms with Crippen molar-refractivity contribution in [2.24, 2.45) is 5.73 Å². The maximum Gasteiger partial charge on any atom is 0.261 e. The number of amides is 1. The predicted molar refractivity (Wildman–Crippen MR) is 110 cm³/mol. The molecule has 1 amide bonds. The summed E-state index contributed by atoms with van der Waals surface area (Å²) in [4.78, 5) is 15.0. The Labute approximate surface area is 165 Å². The number of halogens is 1. The zero-order valence-electron chi connectivity index (χ0n) is 15.0. The van der Waals surface area contributed by atoms with Crippen molar-refractivity contribution in [2.45, 2.75) is 56.4 Å². The van der Waals surface area contributed by atoms with E-state index in [1.807, 2.05) is 6.07 Å². The number of rotatable bonds is 4. The summed E-state index contributed by atoms with van der Waals surface area (Å²) in [5.74, 6) is 0.0988. The molecule has 0 radical (unpaired) electrons. The van der Waals surface area contributed by atoms with Crippen LogP contribution in [0.5, 0.6) is 0 Å². The highest BCUT2D eigenvalue weighted by Gasteiger charge is 2.45. The molecular formula is C21H27ClN2OS. The molecule has 1 aromatic carbocycles. The monoisotopic (exact) mass is 390 g/mol. The molecule has 4 rings (SSSR count). The van der Waals surface area contributed by atoms with Crippen LogP contribution >= 0.6 is 23.7 Å². The molecule has 1 saturated carbocycles. The van der Waals surface area contributed by atoms with E-state index in [1.165, 1.54) is 35.3 Å². The zero-order chi connectivity index (χ0) is 17.3. The van der Waals surface area contributed by atoms with Crippen molar-refractivity contribution >= 4 is 29.7 Å². The molecule has 2 aromatic rings. The summed E-state index contributed by atoms with van der Waals surface area (Å²) in [5.41, 5.74) is 8.81. The van der Waals surface area contributed by atoms with Gasteiger partial charge in [0, 0.05) is 22.9 Å². The lowest BCUT2D eigenvalue weighted by Crippen LogP contribution is -2.56. The second kappa shape index (κ2) is 8.12. The molecule has 1 fully saturated rings. The smallest absolute Gasteiger partial charge is 0.261 e. The van der Waals surface area contributed by atoms with Crippen LogP contribution in [0, 0.1) is 0 Å². The first-order valence-electron chi connectivity index (χ1n) is 9.38. The minimum atomic E-state index is 0. The van der Waals surface area contributed by atoms with Gasteiger partial charge in [-0.05, 0) is 55.7 Å². The van der Waals surface area contributed by atoms with E-state index >= 15 is 0 Å². The molecule has 140 valence electrons. The van der Waals surface area contributed by atoms with Gasteiger partial charge in [0.05, 0.1) is 4.88 Å². The molecular weight excluding hydrogens is 364 g/mol. The Hall–Kier alpha value is -1.36. The summed E-state index contributed by atoms with van der Waals surface area (Å²) >= 11 is 1.70. The lowest BCUT2D eigenvalue weighted by molar-refractivity contribution is 0.0870. The van der Waals surface area contributed by atoms with Gasteiger partial charge in [0.15, 0.2) is 0 Å². The van der Waals surface area contributed by atoms with E-state index < -0.39 is 0 Å². The van der Waals surface area contributed by atoms with Gasteiger partial charge in [-0.25, -0.2) is 0 Å². The fourth-order valence-corrected chi connectivity index (χ4v) is 5.49. The Morgan fingerprint density at radius 2 is 1.88 bits per heavy atom. The van der Waals surface area contributed by atoms with Crippen LogP contribution in [-0.4, -0.2) is 18.5 Å². The van der Waals surface area contributed by atoms with Gasteiger partial charge >= 0.3 is 0 Å². The van der Waals surface area contributed by atoms with Crippen molar-refractivity contribution in [3.63, 3.8) is 0 Å². The van der Waals surface area contributed by atoms with Crippen LogP contribution in [0.4, 0.5) is 0 Å². The maximum absolute atomic E-state index is 12.7. The van der Waals surface area contributed by atoms with Gasteiger partial charge in [-0.1, -0.05) is 36.8 Å². The number of hydrogen-bond donors (Lipinski definition) is 2. The molecule has 1 aromatic heterocycles. The highest BCUT2D eigenvalue weighted by atomic mass is 35.5. The fourth-order valence-electron chi connectivity index (χ4n) is 4.33. The third kappa shape index (κ3) is 3.68. The van der Waals surface area contributed by atoms with E-state index in [1.54, 1.807) is 11.3 Å². The summed E-state index contributed by atoms with van der Waals surface area (Å²) in [5, 5.41) is 3.23. The number of nitrogens with one attached hydrogen (secondary N) is 1. The van der Waals surface area contributed by atoms with Crippen molar-refractivity contribution in [2.75, 3.05) is 6.54 Å². The largest absolute Gasteiger partial charge is 0.349 e. The van der Waals surface area contributed by atoms with E-state index in [9.17, 15) is 4.79 Å². The van der Waals surface area contributed by atoms with Gasteiger partial charge in [-0.3, -0.25) is 4.79 Å². The van der Waals surface area contributed by atoms with Gasteiger partial charge in [0.2, 0.25) is 0 Å². The highest BCUT2D eigenvalue weighted by Crippen LogP contribution is 2.43. The predicted octanol–water partition coefficient (Wildman–Crippen LogP) is 4.23. The van der Waals surface area contributed by atoms with E-state index in [2.05, 4.69) is 35.6 Å². The molecule has 2 aliphatic rings. The number of carbonyl (C=O) groups excluding carboxylic acids is 1. The number of benzene rings is 1. The van der Waals surface area contributed by atoms with Crippen LogP contribution in [0.15, 0.2) is 36.4 Å². The highest BCUT2D eigenvalue weighted by molar-refractivity contribution is 7.14. The molecule has 3 nitrogen and oxygen atoms in total. The molecule has 0 spiro atoms. The lowest BCUT2D eigenvalue weighted by atomic mass is 9.61. The van der Waals surface area contributed by atoms with Crippen LogP contribution in [0.3, 0.4) is 0 Å². The summed E-state index contributed by atoms with van der Waals surface area (Å²) < 4.78 is 0. The zero-order valence-corrected chi connectivity index (χ0v) is 16.6. The van der Waals surface area contributed by atoms with E-state index in [0.717, 1.165) is 30.6 Å². The molecule has 0 saturated heterocycles. The second-order valence-electron chi connectivity index (χ2n) is 7.55. The average molecular weight is 391 g/mol. The Morgan fingerprint density at radius 3 is 2.62 bits per heavy atom. The van der Waals surface area contributed by atoms with E-state index in [-0.39, 0.29) is 29.8 Å². The first-order valence-corrected chi connectivity index (χ1v) is 10.2. The van der Waals surface area contributed by atoms with Crippen LogP contribution in [0.2, 0.25) is 0 Å². The standard InChI is InChI=1S/C21H26N2OS.ClH/c22-14-21(16-8-4-2-5-9-16)12-17(13-21)23-20(24)19-11-15-7-3-1-6-10-18(15)25-19;/h2,4-5,8-9,11,17H,1,3,6-7,10,12-14,22H2,(H,23,24);1H. The number of nitrogens with two attached hydrogens (primary N) is 1. The van der Waals surface area contributed by atoms with Crippen molar-refractivity contribution in [3.8, 4) is 0 Å². The van der Waals surface area contributed by atoms with Gasteiger partial charge in [0.1, 0.15) is 0 Å². The molecule has 0 bridgehead atoms. The number of thiophene rings is 1. The quantitative estimate of drug-likeness (QED) is 0.767. The molecule has 5 heteroatoms. The Balaban J connectivity index is 0.00000196. The average Bonchev–Trinajstić information content (AvgIpc) is 2.89. The number of aryl methyl sites for hydroxylation is 2. The van der Waals surface area contributed by atoms with Crippen molar-refractivity contribution in [3.05, 3.63) is 57.3 Å². The van der Waals surface area contributed by atoms with Crippen LogP contribution < -0.4 is 11.1 Å². The number of carbonyl (C=O) groups is 1. The van der Waals surface area contributed by atoms with E-state index in [4.69, 9.17) is 5.73 Å². The van der Waals surface area contributed by atoms with Crippen LogP contribution in [-0.2, 0) is 18.3 Å². The van der Waals surface area contributed by atoms with Crippen LogP contribution in [0.1, 0.15) is 57.8 Å². The number of hydrogen-bond acceptors (Lipinski definition) is 3. The Bertz CT molecular complexity index is 729. The van der Waals surface area contributed by atoms with Crippen molar-refractivity contribution in [1.82, 2.24) is 5.32 Å². The first kappa shape index (κ1) is 19.4. The van der Waals surface area contributed by atoms with Gasteiger partial charge in [-0.2, -0.15) is 0 Å². The molecule has 3 N–H and O–H groups in total. The third-order valence-electron chi connectivity index (χ3n) is 5.86. The number of fused-ring (bicyclic) bond motifs is 1.